The molecule has 0 saturated carbocycles. The van der Waals surface area contributed by atoms with Crippen LogP contribution in [0.2, 0.25) is 0 Å². The van der Waals surface area contributed by atoms with Crippen LogP contribution in [-0.4, -0.2) is 43.5 Å². The van der Waals surface area contributed by atoms with Crippen LogP contribution in [0.3, 0.4) is 0 Å². The molecule has 2 rings (SSSR count). The van der Waals surface area contributed by atoms with Crippen LogP contribution in [0.15, 0.2) is 18.2 Å². The van der Waals surface area contributed by atoms with Crippen LogP contribution >= 0.6 is 24.8 Å². The second-order valence-electron chi connectivity index (χ2n) is 4.20. The minimum absolute atomic E-state index is 0. The molecule has 1 amide bonds. The smallest absolute Gasteiger partial charge is 0.238 e. The van der Waals surface area contributed by atoms with Crippen molar-refractivity contribution in [3.63, 3.8) is 0 Å². The van der Waals surface area contributed by atoms with Crippen molar-refractivity contribution in [2.45, 2.75) is 0 Å². The number of piperazine rings is 1. The molecule has 0 unspecified atom stereocenters. The molecule has 0 aliphatic carbocycles. The number of nitrogens with one attached hydrogen (secondary N) is 2. The molecule has 1 aliphatic rings. The first-order chi connectivity index (χ1) is 8.65. The summed E-state index contributed by atoms with van der Waals surface area (Å²) >= 11 is 0. The van der Waals surface area contributed by atoms with Crippen molar-refractivity contribution >= 4 is 36.4 Å². The average Bonchev–Trinajstić information content (AvgIpc) is 2.34. The fraction of sp³-hybridized carbons (Fsp3) is 0.417. The summed E-state index contributed by atoms with van der Waals surface area (Å²) < 4.78 is 26.0. The van der Waals surface area contributed by atoms with Gasteiger partial charge in [0.2, 0.25) is 5.91 Å². The van der Waals surface area contributed by atoms with Gasteiger partial charge in [-0.2, -0.15) is 0 Å². The van der Waals surface area contributed by atoms with Crippen molar-refractivity contribution in [2.24, 2.45) is 0 Å². The van der Waals surface area contributed by atoms with Gasteiger partial charge in [-0.3, -0.25) is 9.69 Å². The quantitative estimate of drug-likeness (QED) is 0.887. The van der Waals surface area contributed by atoms with Gasteiger partial charge in [-0.25, -0.2) is 8.78 Å². The molecule has 0 aromatic heterocycles. The molecule has 20 heavy (non-hydrogen) atoms. The van der Waals surface area contributed by atoms with Crippen molar-refractivity contribution < 1.29 is 13.6 Å². The normalized spacial score (nSPS) is 14.9. The summed E-state index contributed by atoms with van der Waals surface area (Å²) in [4.78, 5) is 13.7. The van der Waals surface area contributed by atoms with Crippen LogP contribution < -0.4 is 10.6 Å². The fourth-order valence-corrected chi connectivity index (χ4v) is 1.85. The zero-order chi connectivity index (χ0) is 13.0. The van der Waals surface area contributed by atoms with E-state index in [4.69, 9.17) is 0 Å². The lowest BCUT2D eigenvalue weighted by Crippen LogP contribution is -2.46. The molecule has 0 spiro atoms. The zero-order valence-corrected chi connectivity index (χ0v) is 12.3. The molecule has 8 heteroatoms. The third kappa shape index (κ3) is 5.58. The van der Waals surface area contributed by atoms with Crippen LogP contribution in [0.5, 0.6) is 0 Å². The van der Waals surface area contributed by atoms with E-state index in [0.717, 1.165) is 38.3 Å². The van der Waals surface area contributed by atoms with E-state index in [-0.39, 0.29) is 43.0 Å². The number of rotatable bonds is 3. The molecule has 2 N–H and O–H groups in total. The molecule has 4 nitrogen and oxygen atoms in total. The summed E-state index contributed by atoms with van der Waals surface area (Å²) in [5, 5.41) is 5.62. The number of benzene rings is 1. The maximum absolute atomic E-state index is 13.3. The molecule has 1 aliphatic heterocycles. The molecule has 0 atom stereocenters. The van der Waals surface area contributed by atoms with Crippen LogP contribution in [0.25, 0.3) is 0 Å². The van der Waals surface area contributed by atoms with E-state index in [1.165, 1.54) is 6.07 Å². The Balaban J connectivity index is 0.00000180. The highest BCUT2D eigenvalue weighted by Crippen LogP contribution is 2.14. The van der Waals surface area contributed by atoms with E-state index in [2.05, 4.69) is 10.6 Å². The SMILES string of the molecule is Cl.Cl.O=C(CN1CCNCC1)Nc1ccc(F)cc1F. The van der Waals surface area contributed by atoms with Gasteiger partial charge in [-0.15, -0.1) is 24.8 Å². The van der Waals surface area contributed by atoms with Gasteiger partial charge < -0.3 is 10.6 Å². The van der Waals surface area contributed by atoms with Gasteiger partial charge in [-0.1, -0.05) is 0 Å². The van der Waals surface area contributed by atoms with Gasteiger partial charge >= 0.3 is 0 Å². The summed E-state index contributed by atoms with van der Waals surface area (Å²) in [5.74, 6) is -1.71. The van der Waals surface area contributed by atoms with Gasteiger partial charge in [0.15, 0.2) is 0 Å². The Morgan fingerprint density at radius 1 is 1.25 bits per heavy atom. The topological polar surface area (TPSA) is 44.4 Å². The molecular formula is C12H17Cl2F2N3O. The molecular weight excluding hydrogens is 311 g/mol. The Morgan fingerprint density at radius 2 is 1.90 bits per heavy atom. The second kappa shape index (κ2) is 9.07. The van der Waals surface area contributed by atoms with Crippen molar-refractivity contribution in [3.8, 4) is 0 Å². The van der Waals surface area contributed by atoms with Gasteiger partial charge in [0.05, 0.1) is 12.2 Å². The van der Waals surface area contributed by atoms with E-state index in [1.54, 1.807) is 0 Å². The van der Waals surface area contributed by atoms with Crippen LogP contribution in [0, 0.1) is 11.6 Å². The number of carbonyl (C=O) groups excluding carboxylic acids is 1. The van der Waals surface area contributed by atoms with E-state index >= 15 is 0 Å². The lowest BCUT2D eigenvalue weighted by Gasteiger charge is -2.26. The monoisotopic (exact) mass is 327 g/mol. The van der Waals surface area contributed by atoms with E-state index in [1.807, 2.05) is 4.90 Å². The zero-order valence-electron chi connectivity index (χ0n) is 10.7. The number of hydrogen-bond acceptors (Lipinski definition) is 3. The molecule has 1 heterocycles. The molecule has 1 fully saturated rings. The Kier molecular flexibility index (Phi) is 8.64. The number of amides is 1. The highest BCUT2D eigenvalue weighted by molar-refractivity contribution is 5.92. The van der Waals surface area contributed by atoms with E-state index in [0.29, 0.717) is 0 Å². The van der Waals surface area contributed by atoms with E-state index in [9.17, 15) is 13.6 Å². The van der Waals surface area contributed by atoms with Crippen molar-refractivity contribution in [2.75, 3.05) is 38.0 Å². The summed E-state index contributed by atoms with van der Waals surface area (Å²) in [5.41, 5.74) is 0.0107. The van der Waals surface area contributed by atoms with Crippen molar-refractivity contribution in [1.29, 1.82) is 0 Å². The number of carbonyl (C=O) groups is 1. The lowest BCUT2D eigenvalue weighted by molar-refractivity contribution is -0.117. The number of hydrogen-bond donors (Lipinski definition) is 2. The maximum Gasteiger partial charge on any atom is 0.238 e. The van der Waals surface area contributed by atoms with Crippen LogP contribution in [0.4, 0.5) is 14.5 Å². The van der Waals surface area contributed by atoms with Gasteiger partial charge in [0.1, 0.15) is 11.6 Å². The standard InChI is InChI=1S/C12H15F2N3O.2ClH/c13-9-1-2-11(10(14)7-9)16-12(18)8-17-5-3-15-4-6-17;;/h1-2,7,15H,3-6,8H2,(H,16,18);2*1H. The predicted molar refractivity (Wildman–Crippen MR) is 78.8 cm³/mol. The first-order valence-corrected chi connectivity index (χ1v) is 5.83. The van der Waals surface area contributed by atoms with Gasteiger partial charge in [0, 0.05) is 32.2 Å². The minimum Gasteiger partial charge on any atom is -0.322 e. The Hall–Kier alpha value is -0.950. The van der Waals surface area contributed by atoms with Crippen LogP contribution in [-0.2, 0) is 4.79 Å². The molecule has 1 saturated heterocycles. The fourth-order valence-electron chi connectivity index (χ4n) is 1.85. The van der Waals surface area contributed by atoms with Crippen LogP contribution in [0.1, 0.15) is 0 Å². The first kappa shape index (κ1) is 19.1. The highest BCUT2D eigenvalue weighted by atomic mass is 35.5. The summed E-state index contributed by atoms with van der Waals surface area (Å²) in [6.07, 6.45) is 0. The average molecular weight is 328 g/mol. The van der Waals surface area contributed by atoms with E-state index < -0.39 is 11.6 Å². The molecule has 1 aromatic carbocycles. The number of anilines is 1. The predicted octanol–water partition coefficient (Wildman–Crippen LogP) is 1.65. The van der Waals surface area contributed by atoms with Gasteiger partial charge in [-0.05, 0) is 12.1 Å². The van der Waals surface area contributed by atoms with Crippen molar-refractivity contribution in [1.82, 2.24) is 10.2 Å². The molecule has 114 valence electrons. The van der Waals surface area contributed by atoms with Crippen molar-refractivity contribution in [3.05, 3.63) is 29.8 Å². The molecule has 1 aromatic rings. The molecule has 0 bridgehead atoms. The Bertz CT molecular complexity index is 443. The number of nitrogens with zero attached hydrogens (tertiary/aromatic N) is 1. The largest absolute Gasteiger partial charge is 0.322 e. The summed E-state index contributed by atoms with van der Waals surface area (Å²) in [6, 6.07) is 3.09. The molecule has 0 radical (unpaired) electrons. The summed E-state index contributed by atoms with van der Waals surface area (Å²) in [7, 11) is 0. The third-order valence-electron chi connectivity index (χ3n) is 2.78. The second-order valence-corrected chi connectivity index (χ2v) is 4.20. The third-order valence-corrected chi connectivity index (χ3v) is 2.78. The first-order valence-electron chi connectivity index (χ1n) is 5.83. The highest BCUT2D eigenvalue weighted by Gasteiger charge is 2.14. The number of halogens is 4. The van der Waals surface area contributed by atoms with Gasteiger partial charge in [0.25, 0.3) is 0 Å². The minimum atomic E-state index is -0.760. The summed E-state index contributed by atoms with van der Waals surface area (Å²) in [6.45, 7) is 3.49. The lowest BCUT2D eigenvalue weighted by atomic mass is 10.3. The Morgan fingerprint density at radius 3 is 2.50 bits per heavy atom. The Labute approximate surface area is 128 Å². The maximum atomic E-state index is 13.3.